The molecule has 1 fully saturated rings. The molecule has 0 N–H and O–H groups in total. The van der Waals surface area contributed by atoms with Gasteiger partial charge < -0.3 is 9.80 Å². The molecule has 9 heteroatoms. The second kappa shape index (κ2) is 6.84. The Kier molecular flexibility index (Phi) is 4.61. The van der Waals surface area contributed by atoms with Gasteiger partial charge in [-0.15, -0.1) is 4.91 Å². The Bertz CT molecular complexity index is 841. The number of likely N-dealkylation sites (N-methyl/N-ethyl adjacent to an activating group) is 1. The molecule has 2 atom stereocenters. The number of piperidine rings is 1. The van der Waals surface area contributed by atoms with E-state index < -0.39 is 0 Å². The van der Waals surface area contributed by atoms with Crippen molar-refractivity contribution in [3.63, 3.8) is 0 Å². The Balaban J connectivity index is 1.90. The summed E-state index contributed by atoms with van der Waals surface area (Å²) in [6.45, 7) is 3.34. The number of carbonyl (C=O) groups is 1. The maximum Gasteiger partial charge on any atom is 0.236 e. The molecule has 25 heavy (non-hydrogen) atoms. The van der Waals surface area contributed by atoms with Gasteiger partial charge in [0, 0.05) is 26.3 Å². The molecule has 0 spiro atoms. The van der Waals surface area contributed by atoms with Crippen molar-refractivity contribution in [2.24, 2.45) is 11.2 Å². The SMILES string of the molecule is CC1CCN(C(=O)CC#N)CC1N(C)c1ncnc2c1ccn2N=O. The van der Waals surface area contributed by atoms with Crippen LogP contribution < -0.4 is 4.90 Å². The number of amides is 1. The maximum absolute atomic E-state index is 12.1. The van der Waals surface area contributed by atoms with Crippen molar-refractivity contribution in [3.05, 3.63) is 23.5 Å². The van der Waals surface area contributed by atoms with Crippen LogP contribution in [-0.2, 0) is 4.79 Å². The third-order valence-corrected chi connectivity index (χ3v) is 4.86. The fraction of sp³-hybridized carbons (Fsp3) is 0.500. The van der Waals surface area contributed by atoms with Crippen LogP contribution in [0.2, 0.25) is 0 Å². The average Bonchev–Trinajstić information content (AvgIpc) is 3.05. The molecule has 0 saturated carbocycles. The summed E-state index contributed by atoms with van der Waals surface area (Å²) >= 11 is 0. The molecular formula is C16H19N7O2. The van der Waals surface area contributed by atoms with Gasteiger partial charge in [-0.3, -0.25) is 4.79 Å². The maximum atomic E-state index is 12.1. The van der Waals surface area contributed by atoms with Crippen LogP contribution in [0.4, 0.5) is 5.82 Å². The first kappa shape index (κ1) is 16.8. The predicted octanol–water partition coefficient (Wildman–Crippen LogP) is 1.55. The van der Waals surface area contributed by atoms with Crippen molar-refractivity contribution < 1.29 is 4.79 Å². The van der Waals surface area contributed by atoms with Crippen LogP contribution in [0.15, 0.2) is 23.9 Å². The highest BCUT2D eigenvalue weighted by Gasteiger charge is 2.32. The van der Waals surface area contributed by atoms with E-state index in [0.29, 0.717) is 30.5 Å². The van der Waals surface area contributed by atoms with Crippen molar-refractivity contribution in [2.45, 2.75) is 25.8 Å². The lowest BCUT2D eigenvalue weighted by Gasteiger charge is -2.42. The molecule has 2 aromatic heterocycles. The standard InChI is InChI=1S/C16H19N7O2/c1-11-4-7-22(14(24)3-6-17)9-13(11)21(2)15-12-5-8-23(20-25)16(12)19-10-18-15/h5,8,10-11,13H,3-4,7,9H2,1-2H3. The molecule has 0 aliphatic carbocycles. The van der Waals surface area contributed by atoms with E-state index in [0.717, 1.165) is 11.8 Å². The smallest absolute Gasteiger partial charge is 0.236 e. The zero-order chi connectivity index (χ0) is 18.0. The van der Waals surface area contributed by atoms with Gasteiger partial charge >= 0.3 is 0 Å². The van der Waals surface area contributed by atoms with Crippen molar-refractivity contribution >= 4 is 22.8 Å². The zero-order valence-corrected chi connectivity index (χ0v) is 14.2. The molecule has 1 amide bonds. The first-order valence-corrected chi connectivity index (χ1v) is 8.10. The minimum atomic E-state index is -0.142. The van der Waals surface area contributed by atoms with Gasteiger partial charge in [-0.25, -0.2) is 9.97 Å². The highest BCUT2D eigenvalue weighted by molar-refractivity contribution is 5.88. The number of nitroso groups, excluding NO2 is 1. The second-order valence-corrected chi connectivity index (χ2v) is 6.30. The number of aromatic nitrogens is 3. The topological polar surface area (TPSA) is 107 Å². The minimum Gasteiger partial charge on any atom is -0.354 e. The van der Waals surface area contributed by atoms with Gasteiger partial charge in [-0.1, -0.05) is 6.92 Å². The number of carbonyl (C=O) groups excluding carboxylic acids is 1. The molecule has 0 bridgehead atoms. The van der Waals surface area contributed by atoms with Crippen LogP contribution in [-0.4, -0.2) is 51.6 Å². The van der Waals surface area contributed by atoms with Crippen molar-refractivity contribution in [1.82, 2.24) is 19.5 Å². The summed E-state index contributed by atoms with van der Waals surface area (Å²) in [6, 6.07) is 3.73. The molecule has 2 unspecified atom stereocenters. The molecule has 3 rings (SSSR count). The largest absolute Gasteiger partial charge is 0.354 e. The highest BCUT2D eigenvalue weighted by Crippen LogP contribution is 2.29. The van der Waals surface area contributed by atoms with E-state index in [1.54, 1.807) is 17.2 Å². The van der Waals surface area contributed by atoms with Gasteiger partial charge in [0.15, 0.2) is 5.65 Å². The molecular weight excluding hydrogens is 322 g/mol. The third-order valence-electron chi connectivity index (χ3n) is 4.86. The van der Waals surface area contributed by atoms with E-state index in [4.69, 9.17) is 5.26 Å². The monoisotopic (exact) mass is 341 g/mol. The lowest BCUT2D eigenvalue weighted by atomic mass is 9.92. The number of hydrogen-bond acceptors (Lipinski definition) is 7. The lowest BCUT2D eigenvalue weighted by molar-refractivity contribution is -0.131. The van der Waals surface area contributed by atoms with Gasteiger partial charge in [0.1, 0.15) is 18.6 Å². The normalized spacial score (nSPS) is 20.3. The van der Waals surface area contributed by atoms with Crippen molar-refractivity contribution in [1.29, 1.82) is 5.26 Å². The molecule has 3 heterocycles. The molecule has 1 saturated heterocycles. The van der Waals surface area contributed by atoms with Gasteiger partial charge in [0.25, 0.3) is 0 Å². The van der Waals surface area contributed by atoms with Gasteiger partial charge in [-0.05, 0) is 18.4 Å². The van der Waals surface area contributed by atoms with Gasteiger partial charge in [-0.2, -0.15) is 9.94 Å². The third kappa shape index (κ3) is 3.03. The number of nitriles is 1. The molecule has 9 nitrogen and oxygen atoms in total. The number of rotatable bonds is 4. The Labute approximate surface area is 144 Å². The van der Waals surface area contributed by atoms with E-state index in [1.807, 2.05) is 18.0 Å². The average molecular weight is 341 g/mol. The molecule has 0 radical (unpaired) electrons. The summed E-state index contributed by atoms with van der Waals surface area (Å²) in [5, 5.41) is 12.4. The first-order valence-electron chi connectivity index (χ1n) is 8.10. The summed E-state index contributed by atoms with van der Waals surface area (Å²) in [5.41, 5.74) is 0.452. The minimum absolute atomic E-state index is 0.0574. The number of likely N-dealkylation sites (tertiary alicyclic amines) is 1. The Morgan fingerprint density at radius 1 is 1.52 bits per heavy atom. The van der Waals surface area contributed by atoms with Crippen LogP contribution in [0.3, 0.4) is 0 Å². The highest BCUT2D eigenvalue weighted by atomic mass is 16.3. The Morgan fingerprint density at radius 2 is 2.32 bits per heavy atom. The van der Waals surface area contributed by atoms with Crippen LogP contribution in [0.25, 0.3) is 11.0 Å². The lowest BCUT2D eigenvalue weighted by Crippen LogP contribution is -2.52. The fourth-order valence-corrected chi connectivity index (χ4v) is 3.39. The molecule has 2 aromatic rings. The summed E-state index contributed by atoms with van der Waals surface area (Å²) < 4.78 is 1.17. The predicted molar refractivity (Wildman–Crippen MR) is 91.5 cm³/mol. The Morgan fingerprint density at radius 3 is 3.04 bits per heavy atom. The first-order chi connectivity index (χ1) is 12.1. The molecule has 1 aliphatic rings. The molecule has 0 aromatic carbocycles. The van der Waals surface area contributed by atoms with E-state index >= 15 is 0 Å². The van der Waals surface area contributed by atoms with Crippen LogP contribution in [0, 0.1) is 22.2 Å². The molecule has 1 aliphatic heterocycles. The zero-order valence-electron chi connectivity index (χ0n) is 14.2. The van der Waals surface area contributed by atoms with Gasteiger partial charge in [0.2, 0.25) is 5.91 Å². The van der Waals surface area contributed by atoms with Crippen LogP contribution >= 0.6 is 0 Å². The van der Waals surface area contributed by atoms with Crippen molar-refractivity contribution in [2.75, 3.05) is 25.0 Å². The summed E-state index contributed by atoms with van der Waals surface area (Å²) in [7, 11) is 1.92. The fourth-order valence-electron chi connectivity index (χ4n) is 3.39. The summed E-state index contributed by atoms with van der Waals surface area (Å²) in [4.78, 5) is 35.2. The number of nitrogens with zero attached hydrogens (tertiary/aromatic N) is 7. The summed E-state index contributed by atoms with van der Waals surface area (Å²) in [6.07, 6.45) is 3.71. The molecule has 130 valence electrons. The number of hydrogen-bond donors (Lipinski definition) is 0. The van der Waals surface area contributed by atoms with Crippen LogP contribution in [0.1, 0.15) is 19.8 Å². The number of fused-ring (bicyclic) bond motifs is 1. The van der Waals surface area contributed by atoms with E-state index in [9.17, 15) is 9.70 Å². The second-order valence-electron chi connectivity index (χ2n) is 6.30. The van der Waals surface area contributed by atoms with E-state index in [1.165, 1.54) is 11.0 Å². The summed E-state index contributed by atoms with van der Waals surface area (Å²) in [5.74, 6) is 0.906. The van der Waals surface area contributed by atoms with E-state index in [-0.39, 0.29) is 18.4 Å². The number of anilines is 1. The van der Waals surface area contributed by atoms with Crippen LogP contribution in [0.5, 0.6) is 0 Å². The van der Waals surface area contributed by atoms with E-state index in [2.05, 4.69) is 22.2 Å². The van der Waals surface area contributed by atoms with Crippen molar-refractivity contribution in [3.8, 4) is 6.07 Å². The van der Waals surface area contributed by atoms with Gasteiger partial charge in [0.05, 0.1) is 22.8 Å². The Hall–Kier alpha value is -3.02. The quantitative estimate of drug-likeness (QED) is 0.781.